The summed E-state index contributed by atoms with van der Waals surface area (Å²) in [4.78, 5) is 4.45. The number of thiocarbonyl (C=S) groups is 1. The van der Waals surface area contributed by atoms with Gasteiger partial charge in [-0.05, 0) is 12.2 Å². The highest BCUT2D eigenvalue weighted by atomic mass is 32.1. The van der Waals surface area contributed by atoms with Crippen LogP contribution in [0.15, 0.2) is 35.7 Å². The second kappa shape index (κ2) is 6.44. The molecule has 1 aromatic carbocycles. The summed E-state index contributed by atoms with van der Waals surface area (Å²) in [6, 6.07) is 9.97. The van der Waals surface area contributed by atoms with Crippen LogP contribution in [0, 0.1) is 0 Å². The SMILES string of the molecule is OCCNC(=S)Nc1nc(-c2ccccc2)cs1. The maximum Gasteiger partial charge on any atom is 0.189 e. The van der Waals surface area contributed by atoms with Crippen LogP contribution >= 0.6 is 23.6 Å². The third kappa shape index (κ3) is 3.49. The highest BCUT2D eigenvalue weighted by Gasteiger charge is 2.05. The largest absolute Gasteiger partial charge is 0.395 e. The maximum atomic E-state index is 8.67. The van der Waals surface area contributed by atoms with Gasteiger partial charge in [-0.25, -0.2) is 4.98 Å². The molecule has 1 aromatic heterocycles. The normalized spacial score (nSPS) is 10.1. The van der Waals surface area contributed by atoms with Gasteiger partial charge in [-0.2, -0.15) is 0 Å². The van der Waals surface area contributed by atoms with E-state index in [1.807, 2.05) is 35.7 Å². The number of aliphatic hydroxyl groups is 1. The summed E-state index contributed by atoms with van der Waals surface area (Å²) in [7, 11) is 0. The summed E-state index contributed by atoms with van der Waals surface area (Å²) in [6.45, 7) is 0.484. The molecule has 0 radical (unpaired) electrons. The Morgan fingerprint density at radius 2 is 2.11 bits per heavy atom. The van der Waals surface area contributed by atoms with Crippen LogP contribution < -0.4 is 10.6 Å². The Balaban J connectivity index is 2.00. The Kier molecular flexibility index (Phi) is 4.63. The number of thiazole rings is 1. The van der Waals surface area contributed by atoms with Gasteiger partial charge in [0.05, 0.1) is 12.3 Å². The summed E-state index contributed by atoms with van der Waals surface area (Å²) in [5.41, 5.74) is 2.00. The average molecular weight is 279 g/mol. The van der Waals surface area contributed by atoms with Crippen molar-refractivity contribution in [3.8, 4) is 11.3 Å². The number of aromatic nitrogens is 1. The molecule has 0 amide bonds. The third-order valence-electron chi connectivity index (χ3n) is 2.19. The number of hydrogen-bond acceptors (Lipinski definition) is 4. The van der Waals surface area contributed by atoms with Crippen molar-refractivity contribution in [1.29, 1.82) is 0 Å². The van der Waals surface area contributed by atoms with Crippen LogP contribution in [-0.4, -0.2) is 28.4 Å². The van der Waals surface area contributed by atoms with Crippen LogP contribution in [0.3, 0.4) is 0 Å². The minimum Gasteiger partial charge on any atom is -0.395 e. The first-order valence-corrected chi connectivity index (χ1v) is 6.75. The molecule has 0 saturated carbocycles. The lowest BCUT2D eigenvalue weighted by Gasteiger charge is -2.05. The van der Waals surface area contributed by atoms with Crippen molar-refractivity contribution < 1.29 is 5.11 Å². The van der Waals surface area contributed by atoms with Crippen molar-refractivity contribution in [1.82, 2.24) is 10.3 Å². The van der Waals surface area contributed by atoms with Crippen molar-refractivity contribution >= 4 is 33.8 Å². The smallest absolute Gasteiger partial charge is 0.189 e. The number of benzene rings is 1. The summed E-state index contributed by atoms with van der Waals surface area (Å²) in [6.07, 6.45) is 0. The summed E-state index contributed by atoms with van der Waals surface area (Å²) in [5.74, 6) is 0. The van der Waals surface area contributed by atoms with E-state index in [2.05, 4.69) is 15.6 Å². The fourth-order valence-electron chi connectivity index (χ4n) is 1.38. The van der Waals surface area contributed by atoms with Crippen molar-refractivity contribution in [2.24, 2.45) is 0 Å². The van der Waals surface area contributed by atoms with Crippen LogP contribution in [-0.2, 0) is 0 Å². The molecule has 2 rings (SSSR count). The van der Waals surface area contributed by atoms with Gasteiger partial charge < -0.3 is 15.7 Å². The average Bonchev–Trinajstić information content (AvgIpc) is 2.86. The molecule has 0 spiro atoms. The van der Waals surface area contributed by atoms with E-state index in [-0.39, 0.29) is 6.61 Å². The highest BCUT2D eigenvalue weighted by Crippen LogP contribution is 2.24. The van der Waals surface area contributed by atoms with E-state index in [1.54, 1.807) is 0 Å². The van der Waals surface area contributed by atoms with Crippen molar-refractivity contribution in [3.05, 3.63) is 35.7 Å². The molecule has 94 valence electrons. The molecule has 0 bridgehead atoms. The minimum atomic E-state index is 0.0505. The predicted octanol–water partition coefficient (Wildman–Crippen LogP) is 2.09. The van der Waals surface area contributed by atoms with E-state index in [0.717, 1.165) is 16.4 Å². The maximum absolute atomic E-state index is 8.67. The fourth-order valence-corrected chi connectivity index (χ4v) is 2.37. The van der Waals surface area contributed by atoms with Gasteiger partial charge in [0.2, 0.25) is 0 Å². The number of anilines is 1. The lowest BCUT2D eigenvalue weighted by molar-refractivity contribution is 0.301. The van der Waals surface area contributed by atoms with Crippen molar-refractivity contribution in [2.45, 2.75) is 0 Å². The van der Waals surface area contributed by atoms with Gasteiger partial charge in [0, 0.05) is 17.5 Å². The first-order chi connectivity index (χ1) is 8.79. The Hall–Kier alpha value is -1.50. The van der Waals surface area contributed by atoms with E-state index >= 15 is 0 Å². The van der Waals surface area contributed by atoms with Gasteiger partial charge in [0.1, 0.15) is 0 Å². The molecule has 0 aliphatic heterocycles. The molecular formula is C12H13N3OS2. The van der Waals surface area contributed by atoms with E-state index in [4.69, 9.17) is 17.3 Å². The molecule has 4 nitrogen and oxygen atoms in total. The zero-order chi connectivity index (χ0) is 12.8. The molecule has 0 unspecified atom stereocenters. The standard InChI is InChI=1S/C12H13N3OS2/c16-7-6-13-11(17)15-12-14-10(8-18-12)9-4-2-1-3-5-9/h1-5,8,16H,6-7H2,(H2,13,14,15,17). The summed E-state index contributed by atoms with van der Waals surface area (Å²) >= 11 is 6.55. The number of rotatable bonds is 4. The summed E-state index contributed by atoms with van der Waals surface area (Å²) < 4.78 is 0. The minimum absolute atomic E-state index is 0.0505. The monoisotopic (exact) mass is 279 g/mol. The molecule has 2 aromatic rings. The Morgan fingerprint density at radius 1 is 1.33 bits per heavy atom. The van der Waals surface area contributed by atoms with Crippen LogP contribution in [0.25, 0.3) is 11.3 Å². The lowest BCUT2D eigenvalue weighted by atomic mass is 10.2. The second-order valence-corrected chi connectivity index (χ2v) is 4.77. The molecular weight excluding hydrogens is 266 g/mol. The number of hydrogen-bond donors (Lipinski definition) is 3. The topological polar surface area (TPSA) is 57.2 Å². The van der Waals surface area contributed by atoms with E-state index < -0.39 is 0 Å². The van der Waals surface area contributed by atoms with Gasteiger partial charge in [-0.3, -0.25) is 0 Å². The number of nitrogens with zero attached hydrogens (tertiary/aromatic N) is 1. The van der Waals surface area contributed by atoms with Gasteiger partial charge in [0.15, 0.2) is 10.2 Å². The second-order valence-electron chi connectivity index (χ2n) is 3.51. The number of aliphatic hydroxyl groups excluding tert-OH is 1. The molecule has 6 heteroatoms. The lowest BCUT2D eigenvalue weighted by Crippen LogP contribution is -2.30. The van der Waals surface area contributed by atoms with Crippen LogP contribution in [0.1, 0.15) is 0 Å². The van der Waals surface area contributed by atoms with E-state index in [1.165, 1.54) is 11.3 Å². The molecule has 3 N–H and O–H groups in total. The van der Waals surface area contributed by atoms with Crippen molar-refractivity contribution in [3.63, 3.8) is 0 Å². The van der Waals surface area contributed by atoms with E-state index in [9.17, 15) is 0 Å². The van der Waals surface area contributed by atoms with Crippen LogP contribution in [0.4, 0.5) is 5.13 Å². The third-order valence-corrected chi connectivity index (χ3v) is 3.20. The van der Waals surface area contributed by atoms with Crippen molar-refractivity contribution in [2.75, 3.05) is 18.5 Å². The van der Waals surface area contributed by atoms with Gasteiger partial charge in [-0.15, -0.1) is 11.3 Å². The Morgan fingerprint density at radius 3 is 2.83 bits per heavy atom. The molecule has 0 atom stereocenters. The molecule has 18 heavy (non-hydrogen) atoms. The van der Waals surface area contributed by atoms with Gasteiger partial charge in [0.25, 0.3) is 0 Å². The molecule has 0 fully saturated rings. The molecule has 1 heterocycles. The Bertz CT molecular complexity index is 513. The fraction of sp³-hybridized carbons (Fsp3) is 0.167. The molecule has 0 aliphatic rings. The first kappa shape index (κ1) is 12.9. The quantitative estimate of drug-likeness (QED) is 0.748. The molecule has 0 saturated heterocycles. The van der Waals surface area contributed by atoms with Crippen LogP contribution in [0.2, 0.25) is 0 Å². The molecule has 0 aliphatic carbocycles. The predicted molar refractivity (Wildman–Crippen MR) is 78.9 cm³/mol. The van der Waals surface area contributed by atoms with Crippen LogP contribution in [0.5, 0.6) is 0 Å². The number of nitrogens with one attached hydrogen (secondary N) is 2. The zero-order valence-corrected chi connectivity index (χ0v) is 11.2. The van der Waals surface area contributed by atoms with E-state index in [0.29, 0.717) is 11.7 Å². The zero-order valence-electron chi connectivity index (χ0n) is 9.59. The first-order valence-electron chi connectivity index (χ1n) is 5.46. The highest BCUT2D eigenvalue weighted by molar-refractivity contribution is 7.80. The van der Waals surface area contributed by atoms with Gasteiger partial charge in [-0.1, -0.05) is 30.3 Å². The Labute approximate surface area is 115 Å². The van der Waals surface area contributed by atoms with Gasteiger partial charge >= 0.3 is 0 Å². The summed E-state index contributed by atoms with van der Waals surface area (Å²) in [5, 5.41) is 17.7.